The van der Waals surface area contributed by atoms with E-state index in [4.69, 9.17) is 11.6 Å². The van der Waals surface area contributed by atoms with Crippen molar-refractivity contribution in [2.24, 2.45) is 0 Å². The number of imidazole rings is 1. The van der Waals surface area contributed by atoms with Gasteiger partial charge in [-0.05, 0) is 37.6 Å². The maximum atomic E-state index is 12.4. The predicted molar refractivity (Wildman–Crippen MR) is 104 cm³/mol. The first-order chi connectivity index (χ1) is 12.1. The molecule has 0 bridgehead atoms. The molecule has 0 aliphatic heterocycles. The van der Waals surface area contributed by atoms with Crippen LogP contribution >= 0.6 is 23.4 Å². The molecule has 130 valence electrons. The van der Waals surface area contributed by atoms with Gasteiger partial charge in [-0.1, -0.05) is 53.7 Å². The summed E-state index contributed by atoms with van der Waals surface area (Å²) in [6, 6.07) is 15.6. The number of carbonyl (C=O) groups excluding carboxylic acids is 1. The SMILES string of the molecule is CCn1c(SC(C)C(=O)NCc2ccccc2Cl)nc2ccccc21. The molecular weight excluding hydrogens is 354 g/mol. The molecule has 0 radical (unpaired) electrons. The summed E-state index contributed by atoms with van der Waals surface area (Å²) < 4.78 is 2.14. The minimum Gasteiger partial charge on any atom is -0.351 e. The minimum absolute atomic E-state index is 0.0281. The van der Waals surface area contributed by atoms with E-state index in [-0.39, 0.29) is 11.2 Å². The lowest BCUT2D eigenvalue weighted by molar-refractivity contribution is -0.120. The van der Waals surface area contributed by atoms with E-state index < -0.39 is 0 Å². The van der Waals surface area contributed by atoms with Gasteiger partial charge in [0, 0.05) is 18.1 Å². The highest BCUT2D eigenvalue weighted by atomic mass is 35.5. The van der Waals surface area contributed by atoms with Crippen molar-refractivity contribution in [3.8, 4) is 0 Å². The molecule has 1 unspecified atom stereocenters. The van der Waals surface area contributed by atoms with Gasteiger partial charge in [-0.25, -0.2) is 4.98 Å². The molecule has 0 aliphatic rings. The summed E-state index contributed by atoms with van der Waals surface area (Å²) in [4.78, 5) is 17.1. The second-order valence-electron chi connectivity index (χ2n) is 5.70. The van der Waals surface area contributed by atoms with Crippen LogP contribution in [-0.2, 0) is 17.9 Å². The topological polar surface area (TPSA) is 46.9 Å². The van der Waals surface area contributed by atoms with Gasteiger partial charge in [0.1, 0.15) is 0 Å². The zero-order valence-corrected chi connectivity index (χ0v) is 15.8. The fourth-order valence-electron chi connectivity index (χ4n) is 2.63. The normalized spacial score (nSPS) is 12.3. The molecule has 1 amide bonds. The van der Waals surface area contributed by atoms with E-state index in [2.05, 4.69) is 27.9 Å². The fourth-order valence-corrected chi connectivity index (χ4v) is 3.84. The number of aromatic nitrogens is 2. The standard InChI is InChI=1S/C19H20ClN3OS/c1-3-23-17-11-7-6-10-16(17)22-19(23)25-13(2)18(24)21-12-14-8-4-5-9-15(14)20/h4-11,13H,3,12H2,1-2H3,(H,21,24). The van der Waals surface area contributed by atoms with Gasteiger partial charge in [-0.15, -0.1) is 0 Å². The molecule has 2 aromatic carbocycles. The first-order valence-electron chi connectivity index (χ1n) is 8.23. The van der Waals surface area contributed by atoms with Gasteiger partial charge in [0.2, 0.25) is 5.91 Å². The van der Waals surface area contributed by atoms with Crippen LogP contribution in [0.15, 0.2) is 53.7 Å². The Labute approximate surface area is 156 Å². The summed E-state index contributed by atoms with van der Waals surface area (Å²) in [5, 5.41) is 4.23. The van der Waals surface area contributed by atoms with Crippen molar-refractivity contribution in [3.63, 3.8) is 0 Å². The van der Waals surface area contributed by atoms with Crippen molar-refractivity contribution in [1.29, 1.82) is 0 Å². The van der Waals surface area contributed by atoms with Gasteiger partial charge in [0.05, 0.1) is 16.3 Å². The minimum atomic E-state index is -0.246. The number of nitrogens with one attached hydrogen (secondary N) is 1. The Hall–Kier alpha value is -1.98. The zero-order valence-electron chi connectivity index (χ0n) is 14.2. The lowest BCUT2D eigenvalue weighted by atomic mass is 10.2. The van der Waals surface area contributed by atoms with Crippen LogP contribution in [0.25, 0.3) is 11.0 Å². The molecule has 4 nitrogen and oxygen atoms in total. The highest BCUT2D eigenvalue weighted by molar-refractivity contribution is 8.00. The third-order valence-electron chi connectivity index (χ3n) is 4.00. The fraction of sp³-hybridized carbons (Fsp3) is 0.263. The van der Waals surface area contributed by atoms with E-state index in [0.29, 0.717) is 11.6 Å². The molecule has 0 saturated carbocycles. The third kappa shape index (κ3) is 3.99. The molecule has 1 atom stereocenters. The first kappa shape index (κ1) is 17.8. The Kier molecular flexibility index (Phi) is 5.66. The second kappa shape index (κ2) is 7.93. The number of fused-ring (bicyclic) bond motifs is 1. The van der Waals surface area contributed by atoms with Crippen LogP contribution in [0.2, 0.25) is 5.02 Å². The number of amides is 1. The van der Waals surface area contributed by atoms with Crippen molar-refractivity contribution in [3.05, 3.63) is 59.1 Å². The lowest BCUT2D eigenvalue weighted by Crippen LogP contribution is -2.30. The Bertz CT molecular complexity index is 893. The summed E-state index contributed by atoms with van der Waals surface area (Å²) in [5.74, 6) is -0.0281. The van der Waals surface area contributed by atoms with Crippen molar-refractivity contribution in [2.75, 3.05) is 0 Å². The average molecular weight is 374 g/mol. The molecule has 3 rings (SSSR count). The summed E-state index contributed by atoms with van der Waals surface area (Å²) >= 11 is 7.61. The molecule has 0 aliphatic carbocycles. The Morgan fingerprint density at radius 2 is 1.96 bits per heavy atom. The molecule has 0 fully saturated rings. The lowest BCUT2D eigenvalue weighted by Gasteiger charge is -2.13. The number of hydrogen-bond acceptors (Lipinski definition) is 3. The predicted octanol–water partition coefficient (Wildman–Crippen LogP) is 4.51. The molecule has 1 N–H and O–H groups in total. The largest absolute Gasteiger partial charge is 0.351 e. The molecule has 1 aromatic heterocycles. The van der Waals surface area contributed by atoms with Crippen molar-refractivity contribution in [1.82, 2.24) is 14.9 Å². The molecular formula is C19H20ClN3OS. The van der Waals surface area contributed by atoms with E-state index >= 15 is 0 Å². The van der Waals surface area contributed by atoms with Crippen LogP contribution in [0.1, 0.15) is 19.4 Å². The number of rotatable bonds is 6. The van der Waals surface area contributed by atoms with Crippen LogP contribution in [0.5, 0.6) is 0 Å². The highest BCUT2D eigenvalue weighted by Gasteiger charge is 2.19. The van der Waals surface area contributed by atoms with Crippen LogP contribution < -0.4 is 5.32 Å². The van der Waals surface area contributed by atoms with Crippen LogP contribution in [0.4, 0.5) is 0 Å². The summed E-state index contributed by atoms with van der Waals surface area (Å²) in [6.45, 7) is 5.22. The number of halogens is 1. The maximum Gasteiger partial charge on any atom is 0.233 e. The van der Waals surface area contributed by atoms with E-state index in [1.54, 1.807) is 0 Å². The number of carbonyl (C=O) groups is 1. The second-order valence-corrected chi connectivity index (χ2v) is 7.41. The third-order valence-corrected chi connectivity index (χ3v) is 5.46. The van der Waals surface area contributed by atoms with Gasteiger partial charge in [0.15, 0.2) is 5.16 Å². The number of thioether (sulfide) groups is 1. The van der Waals surface area contributed by atoms with Crippen LogP contribution in [-0.4, -0.2) is 20.7 Å². The smallest absolute Gasteiger partial charge is 0.233 e. The van der Waals surface area contributed by atoms with E-state index in [0.717, 1.165) is 28.3 Å². The molecule has 3 aromatic rings. The van der Waals surface area contributed by atoms with Crippen molar-refractivity contribution < 1.29 is 4.79 Å². The Morgan fingerprint density at radius 1 is 1.24 bits per heavy atom. The Morgan fingerprint density at radius 3 is 2.72 bits per heavy atom. The van der Waals surface area contributed by atoms with Gasteiger partial charge < -0.3 is 9.88 Å². The van der Waals surface area contributed by atoms with Gasteiger partial charge in [0.25, 0.3) is 0 Å². The number of nitrogens with zero attached hydrogens (tertiary/aromatic N) is 2. The van der Waals surface area contributed by atoms with Crippen LogP contribution in [0.3, 0.4) is 0 Å². The number of para-hydroxylation sites is 2. The molecule has 0 spiro atoms. The Balaban J connectivity index is 1.68. The average Bonchev–Trinajstić information content (AvgIpc) is 2.97. The van der Waals surface area contributed by atoms with Crippen LogP contribution in [0, 0.1) is 0 Å². The van der Waals surface area contributed by atoms with Crippen molar-refractivity contribution >= 4 is 40.3 Å². The van der Waals surface area contributed by atoms with E-state index in [9.17, 15) is 4.79 Å². The maximum absolute atomic E-state index is 12.4. The molecule has 0 saturated heterocycles. The number of benzene rings is 2. The number of aryl methyl sites for hydroxylation is 1. The summed E-state index contributed by atoms with van der Waals surface area (Å²) in [6.07, 6.45) is 0. The summed E-state index contributed by atoms with van der Waals surface area (Å²) in [7, 11) is 0. The quantitative estimate of drug-likeness (QED) is 0.647. The van der Waals surface area contributed by atoms with Gasteiger partial charge >= 0.3 is 0 Å². The van der Waals surface area contributed by atoms with Crippen molar-refractivity contribution in [2.45, 2.75) is 37.3 Å². The van der Waals surface area contributed by atoms with Gasteiger partial charge in [-0.2, -0.15) is 0 Å². The molecule has 1 heterocycles. The zero-order chi connectivity index (χ0) is 17.8. The van der Waals surface area contributed by atoms with Gasteiger partial charge in [-0.3, -0.25) is 4.79 Å². The van der Waals surface area contributed by atoms with E-state index in [1.165, 1.54) is 11.8 Å². The molecule has 25 heavy (non-hydrogen) atoms. The number of hydrogen-bond donors (Lipinski definition) is 1. The molecule has 6 heteroatoms. The first-order valence-corrected chi connectivity index (χ1v) is 9.49. The van der Waals surface area contributed by atoms with E-state index in [1.807, 2.05) is 49.4 Å². The highest BCUT2D eigenvalue weighted by Crippen LogP contribution is 2.27. The summed E-state index contributed by atoms with van der Waals surface area (Å²) in [5.41, 5.74) is 2.96. The monoisotopic (exact) mass is 373 g/mol.